The molecule has 1 saturated carbocycles. The van der Waals surface area contributed by atoms with Gasteiger partial charge in [-0.1, -0.05) is 62.2 Å². The number of aromatic carboxylic acids is 1. The van der Waals surface area contributed by atoms with Crippen molar-refractivity contribution < 1.29 is 28.2 Å². The third-order valence-electron chi connectivity index (χ3n) is 8.91. The van der Waals surface area contributed by atoms with Gasteiger partial charge in [-0.15, -0.1) is 0 Å². The highest BCUT2D eigenvalue weighted by molar-refractivity contribution is 6.31. The second-order valence-corrected chi connectivity index (χ2v) is 14.1. The topological polar surface area (TPSA) is 103 Å². The zero-order valence-electron chi connectivity index (χ0n) is 25.9. The molecule has 0 radical (unpaired) electrons. The first-order chi connectivity index (χ1) is 21.7. The molecule has 7 nitrogen and oxygen atoms in total. The van der Waals surface area contributed by atoms with Crippen LogP contribution in [-0.4, -0.2) is 47.6 Å². The number of halogens is 4. The Hall–Kier alpha value is -3.71. The van der Waals surface area contributed by atoms with Gasteiger partial charge in [-0.05, 0) is 72.6 Å². The minimum atomic E-state index is -1.76. The van der Waals surface area contributed by atoms with E-state index in [4.69, 9.17) is 27.9 Å². The van der Waals surface area contributed by atoms with Crippen LogP contribution in [0.1, 0.15) is 67.4 Å². The van der Waals surface area contributed by atoms with Gasteiger partial charge in [-0.3, -0.25) is 9.69 Å². The summed E-state index contributed by atoms with van der Waals surface area (Å²) < 4.78 is 37.8. The molecule has 0 unspecified atom stereocenters. The first-order valence-corrected chi connectivity index (χ1v) is 15.8. The lowest BCUT2D eigenvalue weighted by Crippen LogP contribution is -2.48. The van der Waals surface area contributed by atoms with Gasteiger partial charge in [0.2, 0.25) is 5.91 Å². The molecule has 0 aromatic heterocycles. The minimum Gasteiger partial charge on any atom is -0.495 e. The SMILES string of the molecule is COc1cc(C(=O)O)ccc1NC(=O)[C@H]1[C@H](c2cccc(Cl)c2F)[C@@](C#N)(c2ccc(Cl)cc2F)[C@H](CC(C)(C)C)N1CC1CC1. The number of ether oxygens (including phenoxy) is 1. The monoisotopic (exact) mass is 669 g/mol. The van der Waals surface area contributed by atoms with Crippen LogP contribution in [0.2, 0.25) is 10.0 Å². The Labute approximate surface area is 277 Å². The van der Waals surface area contributed by atoms with E-state index in [0.717, 1.165) is 18.9 Å². The molecule has 2 N–H and O–H groups in total. The summed E-state index contributed by atoms with van der Waals surface area (Å²) in [7, 11) is 1.35. The second-order valence-electron chi connectivity index (χ2n) is 13.3. The highest BCUT2D eigenvalue weighted by Gasteiger charge is 2.65. The van der Waals surface area contributed by atoms with Crippen molar-refractivity contribution in [3.8, 4) is 11.8 Å². The molecular weight excluding hydrogens is 635 g/mol. The van der Waals surface area contributed by atoms with Crippen molar-refractivity contribution >= 4 is 40.8 Å². The molecule has 242 valence electrons. The maximum atomic E-state index is 16.2. The average Bonchev–Trinajstić information content (AvgIpc) is 3.77. The van der Waals surface area contributed by atoms with Gasteiger partial charge in [0.25, 0.3) is 0 Å². The molecular formula is C35H35Cl2F2N3O4. The highest BCUT2D eigenvalue weighted by atomic mass is 35.5. The highest BCUT2D eigenvalue weighted by Crippen LogP contribution is 2.57. The lowest BCUT2D eigenvalue weighted by atomic mass is 9.62. The van der Waals surface area contributed by atoms with E-state index in [9.17, 15) is 20.0 Å². The van der Waals surface area contributed by atoms with Crippen molar-refractivity contribution in [1.29, 1.82) is 5.26 Å². The van der Waals surface area contributed by atoms with Crippen LogP contribution in [0, 0.1) is 34.3 Å². The fraction of sp³-hybridized carbons (Fsp3) is 0.400. The number of nitrogens with zero attached hydrogens (tertiary/aromatic N) is 2. The number of carbonyl (C=O) groups is 2. The molecule has 11 heteroatoms. The molecule has 0 bridgehead atoms. The number of benzene rings is 3. The molecule has 3 aromatic carbocycles. The minimum absolute atomic E-state index is 0.00828. The Bertz CT molecular complexity index is 1720. The third-order valence-corrected chi connectivity index (χ3v) is 9.44. The Morgan fingerprint density at radius 2 is 1.85 bits per heavy atom. The molecule has 2 fully saturated rings. The van der Waals surface area contributed by atoms with Gasteiger partial charge >= 0.3 is 5.97 Å². The van der Waals surface area contributed by atoms with Gasteiger partial charge < -0.3 is 15.2 Å². The first-order valence-electron chi connectivity index (χ1n) is 15.0. The van der Waals surface area contributed by atoms with Crippen LogP contribution < -0.4 is 10.1 Å². The number of carboxylic acids is 1. The van der Waals surface area contributed by atoms with Gasteiger partial charge in [-0.25, -0.2) is 13.6 Å². The normalized spacial score (nSPS) is 23.2. The first kappa shape index (κ1) is 33.6. The molecule has 1 amide bonds. The van der Waals surface area contributed by atoms with E-state index in [1.165, 1.54) is 49.6 Å². The number of rotatable bonds is 9. The summed E-state index contributed by atoms with van der Waals surface area (Å²) in [6, 6.07) is 13.1. The van der Waals surface area contributed by atoms with E-state index >= 15 is 8.78 Å². The molecule has 5 rings (SSSR count). The van der Waals surface area contributed by atoms with Crippen LogP contribution in [0.4, 0.5) is 14.5 Å². The van der Waals surface area contributed by atoms with Crippen molar-refractivity contribution in [2.45, 2.75) is 63.5 Å². The van der Waals surface area contributed by atoms with Gasteiger partial charge in [0.05, 0.1) is 35.5 Å². The Balaban J connectivity index is 1.79. The number of carbonyl (C=O) groups excluding carboxylic acids is 1. The molecule has 0 spiro atoms. The van der Waals surface area contributed by atoms with Gasteiger partial charge in [-0.2, -0.15) is 5.26 Å². The van der Waals surface area contributed by atoms with Crippen LogP contribution in [0.15, 0.2) is 54.6 Å². The number of hydrogen-bond acceptors (Lipinski definition) is 5. The fourth-order valence-electron chi connectivity index (χ4n) is 6.79. The maximum Gasteiger partial charge on any atom is 0.335 e. The van der Waals surface area contributed by atoms with Crippen LogP contribution in [0.25, 0.3) is 0 Å². The summed E-state index contributed by atoms with van der Waals surface area (Å²) in [5.41, 5.74) is -1.99. The number of amides is 1. The predicted molar refractivity (Wildman–Crippen MR) is 173 cm³/mol. The van der Waals surface area contributed by atoms with Gasteiger partial charge in [0.15, 0.2) is 0 Å². The number of nitrogens with one attached hydrogen (secondary N) is 1. The van der Waals surface area contributed by atoms with Crippen molar-refractivity contribution in [1.82, 2.24) is 4.90 Å². The van der Waals surface area contributed by atoms with Gasteiger partial charge in [0.1, 0.15) is 22.8 Å². The van der Waals surface area contributed by atoms with Crippen molar-refractivity contribution in [3.63, 3.8) is 0 Å². The van der Waals surface area contributed by atoms with E-state index in [1.54, 1.807) is 6.07 Å². The summed E-state index contributed by atoms with van der Waals surface area (Å²) in [4.78, 5) is 28.2. The third kappa shape index (κ3) is 6.31. The number of anilines is 1. The Morgan fingerprint density at radius 3 is 2.43 bits per heavy atom. The standard InChI is InChI=1S/C35H35Cl2F2N3O4/c1-34(2,3)16-28-35(18-40,23-12-11-21(36)15-25(23)38)29(22-6-5-7-24(37)30(22)39)31(42(28)17-19-8-9-19)32(43)41-26-13-10-20(33(44)45)14-27(26)46-4/h5-7,10-15,19,28-29,31H,8-9,16-17H2,1-4H3,(H,41,43)(H,44,45)/t28-,29-,31+,35-/m0/s1. The van der Waals surface area contributed by atoms with E-state index < -0.39 is 52.3 Å². The van der Waals surface area contributed by atoms with Crippen LogP contribution in [-0.2, 0) is 10.2 Å². The fourth-order valence-corrected chi connectivity index (χ4v) is 7.13. The average molecular weight is 671 g/mol. The molecule has 2 aliphatic rings. The molecule has 3 aromatic rings. The maximum absolute atomic E-state index is 16.2. The van der Waals surface area contributed by atoms with Crippen molar-refractivity contribution in [2.75, 3.05) is 19.0 Å². The number of hydrogen-bond donors (Lipinski definition) is 2. The molecule has 1 aliphatic heterocycles. The number of carboxylic acid groups (broad SMARTS) is 1. The molecule has 4 atom stereocenters. The Kier molecular flexibility index (Phi) is 9.38. The van der Waals surface area contributed by atoms with Crippen molar-refractivity contribution in [3.05, 3.63) is 93.0 Å². The summed E-state index contributed by atoms with van der Waals surface area (Å²) in [6.07, 6.45) is 2.21. The number of methoxy groups -OCH3 is 1. The Morgan fingerprint density at radius 1 is 1.13 bits per heavy atom. The second kappa shape index (κ2) is 12.8. The zero-order chi connectivity index (χ0) is 33.6. The summed E-state index contributed by atoms with van der Waals surface area (Å²) >= 11 is 12.5. The summed E-state index contributed by atoms with van der Waals surface area (Å²) in [6.45, 7) is 6.42. The van der Waals surface area contributed by atoms with Crippen LogP contribution in [0.5, 0.6) is 5.75 Å². The predicted octanol–water partition coefficient (Wildman–Crippen LogP) is 8.06. The summed E-state index contributed by atoms with van der Waals surface area (Å²) in [5.74, 6) is -4.18. The zero-order valence-corrected chi connectivity index (χ0v) is 27.4. The summed E-state index contributed by atoms with van der Waals surface area (Å²) in [5, 5.41) is 23.6. The van der Waals surface area contributed by atoms with E-state index in [1.807, 2.05) is 25.7 Å². The molecule has 1 heterocycles. The van der Waals surface area contributed by atoms with E-state index in [0.29, 0.717) is 13.0 Å². The smallest absolute Gasteiger partial charge is 0.335 e. The lowest BCUT2D eigenvalue weighted by Gasteiger charge is -2.39. The number of nitriles is 1. The molecule has 1 saturated heterocycles. The van der Waals surface area contributed by atoms with E-state index in [-0.39, 0.29) is 44.1 Å². The van der Waals surface area contributed by atoms with Gasteiger partial charge in [0, 0.05) is 29.1 Å². The van der Waals surface area contributed by atoms with Crippen LogP contribution >= 0.6 is 23.2 Å². The lowest BCUT2D eigenvalue weighted by molar-refractivity contribution is -0.121. The van der Waals surface area contributed by atoms with Crippen LogP contribution in [0.3, 0.4) is 0 Å². The van der Waals surface area contributed by atoms with E-state index in [2.05, 4.69) is 11.4 Å². The van der Waals surface area contributed by atoms with Crippen molar-refractivity contribution in [2.24, 2.45) is 11.3 Å². The molecule has 46 heavy (non-hydrogen) atoms. The molecule has 1 aliphatic carbocycles. The quantitative estimate of drug-likeness (QED) is 0.239. The largest absolute Gasteiger partial charge is 0.495 e. The number of likely N-dealkylation sites (tertiary alicyclic amines) is 1.